The summed E-state index contributed by atoms with van der Waals surface area (Å²) in [4.78, 5) is 3.87. The number of hydrogen-bond donors (Lipinski definition) is 1. The Bertz CT molecular complexity index is 584. The first-order valence-corrected chi connectivity index (χ1v) is 8.63. The molecule has 1 aliphatic rings. The third-order valence-corrected chi connectivity index (χ3v) is 5.51. The standard InChI is InChI=1S/C12H17Cl2N3O2S/c1-8-7-10(13)15-12(14)11(8)16-20(18,19)17-6-4-3-5-9(17)2/h7,9,16H,3-6H2,1-2H3. The molecule has 1 aromatic heterocycles. The smallest absolute Gasteiger partial charge is 0.267 e. The molecule has 1 fully saturated rings. The van der Waals surface area contributed by atoms with Crippen molar-refractivity contribution in [2.45, 2.75) is 39.2 Å². The first-order valence-electron chi connectivity index (χ1n) is 6.43. The maximum absolute atomic E-state index is 12.5. The number of nitrogens with one attached hydrogen (secondary N) is 1. The molecule has 1 N–H and O–H groups in total. The minimum Gasteiger partial charge on any atom is -0.267 e. The van der Waals surface area contributed by atoms with E-state index in [1.165, 1.54) is 4.31 Å². The molecule has 1 aromatic rings. The summed E-state index contributed by atoms with van der Waals surface area (Å²) >= 11 is 11.8. The van der Waals surface area contributed by atoms with Crippen LogP contribution < -0.4 is 4.72 Å². The molecule has 0 spiro atoms. The molecule has 20 heavy (non-hydrogen) atoms. The zero-order chi connectivity index (χ0) is 14.9. The van der Waals surface area contributed by atoms with Gasteiger partial charge in [-0.1, -0.05) is 29.6 Å². The summed E-state index contributed by atoms with van der Waals surface area (Å²) in [6.07, 6.45) is 2.79. The van der Waals surface area contributed by atoms with E-state index in [4.69, 9.17) is 23.2 Å². The Morgan fingerprint density at radius 3 is 2.70 bits per heavy atom. The number of aryl methyl sites for hydroxylation is 1. The largest absolute Gasteiger partial charge is 0.301 e. The molecular formula is C12H17Cl2N3O2S. The van der Waals surface area contributed by atoms with Crippen LogP contribution in [-0.4, -0.2) is 30.3 Å². The van der Waals surface area contributed by atoms with Gasteiger partial charge in [0, 0.05) is 12.6 Å². The molecule has 0 aliphatic carbocycles. The van der Waals surface area contributed by atoms with E-state index < -0.39 is 10.2 Å². The number of nitrogens with zero attached hydrogens (tertiary/aromatic N) is 2. The number of aromatic nitrogens is 1. The van der Waals surface area contributed by atoms with Gasteiger partial charge in [-0.25, -0.2) is 4.98 Å². The van der Waals surface area contributed by atoms with Crippen molar-refractivity contribution in [2.24, 2.45) is 0 Å². The van der Waals surface area contributed by atoms with E-state index in [0.29, 0.717) is 12.1 Å². The summed E-state index contributed by atoms with van der Waals surface area (Å²) in [7, 11) is -3.63. The van der Waals surface area contributed by atoms with Crippen molar-refractivity contribution < 1.29 is 8.42 Å². The van der Waals surface area contributed by atoms with Crippen LogP contribution in [0.25, 0.3) is 0 Å². The maximum Gasteiger partial charge on any atom is 0.301 e. The van der Waals surface area contributed by atoms with E-state index in [-0.39, 0.29) is 22.0 Å². The Labute approximate surface area is 129 Å². The van der Waals surface area contributed by atoms with Crippen LogP contribution in [0.15, 0.2) is 6.07 Å². The number of hydrogen-bond acceptors (Lipinski definition) is 3. The predicted molar refractivity (Wildman–Crippen MR) is 81.6 cm³/mol. The monoisotopic (exact) mass is 337 g/mol. The van der Waals surface area contributed by atoms with Crippen molar-refractivity contribution in [3.63, 3.8) is 0 Å². The van der Waals surface area contributed by atoms with Gasteiger partial charge in [0.05, 0.1) is 5.69 Å². The Balaban J connectivity index is 2.29. The lowest BCUT2D eigenvalue weighted by molar-refractivity contribution is 0.270. The fourth-order valence-corrected chi connectivity index (χ4v) is 4.55. The topological polar surface area (TPSA) is 62.3 Å². The molecule has 0 amide bonds. The van der Waals surface area contributed by atoms with Gasteiger partial charge < -0.3 is 0 Å². The zero-order valence-corrected chi connectivity index (χ0v) is 13.7. The highest BCUT2D eigenvalue weighted by atomic mass is 35.5. The van der Waals surface area contributed by atoms with E-state index >= 15 is 0 Å². The molecule has 0 aromatic carbocycles. The number of anilines is 1. The van der Waals surface area contributed by atoms with Crippen molar-refractivity contribution in [3.05, 3.63) is 21.9 Å². The highest BCUT2D eigenvalue weighted by molar-refractivity contribution is 7.90. The molecular weight excluding hydrogens is 321 g/mol. The summed E-state index contributed by atoms with van der Waals surface area (Å²) in [5.74, 6) is 0. The van der Waals surface area contributed by atoms with Gasteiger partial charge in [-0.15, -0.1) is 0 Å². The second-order valence-corrected chi connectivity index (χ2v) is 7.36. The zero-order valence-electron chi connectivity index (χ0n) is 11.4. The number of pyridine rings is 1. The lowest BCUT2D eigenvalue weighted by Gasteiger charge is -2.32. The van der Waals surface area contributed by atoms with Crippen molar-refractivity contribution >= 4 is 39.1 Å². The average Bonchev–Trinajstić information content (AvgIpc) is 2.34. The first-order chi connectivity index (χ1) is 9.31. The van der Waals surface area contributed by atoms with Crippen LogP contribution in [0, 0.1) is 6.92 Å². The summed E-state index contributed by atoms with van der Waals surface area (Å²) in [6.45, 7) is 4.16. The van der Waals surface area contributed by atoms with E-state index in [2.05, 4.69) is 9.71 Å². The molecule has 2 heterocycles. The van der Waals surface area contributed by atoms with E-state index in [1.54, 1.807) is 13.0 Å². The summed E-state index contributed by atoms with van der Waals surface area (Å²) in [6, 6.07) is 1.56. The lowest BCUT2D eigenvalue weighted by atomic mass is 10.1. The highest BCUT2D eigenvalue weighted by Gasteiger charge is 2.30. The Kier molecular flexibility index (Phi) is 4.79. The second-order valence-electron chi connectivity index (χ2n) is 4.99. The molecule has 1 unspecified atom stereocenters. The van der Waals surface area contributed by atoms with Gasteiger partial charge in [-0.2, -0.15) is 12.7 Å². The first kappa shape index (κ1) is 15.8. The number of piperidine rings is 1. The molecule has 8 heteroatoms. The van der Waals surface area contributed by atoms with Crippen LogP contribution in [-0.2, 0) is 10.2 Å². The Morgan fingerprint density at radius 1 is 1.40 bits per heavy atom. The van der Waals surface area contributed by atoms with Crippen LogP contribution in [0.1, 0.15) is 31.7 Å². The summed E-state index contributed by atoms with van der Waals surface area (Å²) < 4.78 is 28.9. The fraction of sp³-hybridized carbons (Fsp3) is 0.583. The van der Waals surface area contributed by atoms with Crippen LogP contribution in [0.4, 0.5) is 5.69 Å². The van der Waals surface area contributed by atoms with Crippen molar-refractivity contribution in [2.75, 3.05) is 11.3 Å². The normalized spacial score (nSPS) is 20.9. The average molecular weight is 338 g/mol. The third-order valence-electron chi connectivity index (χ3n) is 3.42. The SMILES string of the molecule is Cc1cc(Cl)nc(Cl)c1NS(=O)(=O)N1CCCCC1C. The quantitative estimate of drug-likeness (QED) is 0.861. The van der Waals surface area contributed by atoms with Gasteiger partial charge in [0.1, 0.15) is 5.15 Å². The minimum atomic E-state index is -3.63. The maximum atomic E-state index is 12.5. The van der Waals surface area contributed by atoms with Crippen LogP contribution in [0.3, 0.4) is 0 Å². The second kappa shape index (κ2) is 6.05. The molecule has 0 radical (unpaired) electrons. The van der Waals surface area contributed by atoms with E-state index in [1.807, 2.05) is 6.92 Å². The molecule has 0 bridgehead atoms. The van der Waals surface area contributed by atoms with Gasteiger partial charge in [-0.3, -0.25) is 4.72 Å². The molecule has 112 valence electrons. The lowest BCUT2D eigenvalue weighted by Crippen LogP contribution is -2.45. The third kappa shape index (κ3) is 3.36. The molecule has 1 aliphatic heterocycles. The fourth-order valence-electron chi connectivity index (χ4n) is 2.33. The highest BCUT2D eigenvalue weighted by Crippen LogP contribution is 2.29. The molecule has 1 saturated heterocycles. The summed E-state index contributed by atoms with van der Waals surface area (Å²) in [5, 5.41) is 0.296. The number of rotatable bonds is 3. The van der Waals surface area contributed by atoms with Crippen molar-refractivity contribution in [3.8, 4) is 0 Å². The van der Waals surface area contributed by atoms with Crippen molar-refractivity contribution in [1.82, 2.24) is 9.29 Å². The molecule has 5 nitrogen and oxygen atoms in total. The Morgan fingerprint density at radius 2 is 2.10 bits per heavy atom. The molecule has 2 rings (SSSR count). The van der Waals surface area contributed by atoms with Gasteiger partial charge in [0.25, 0.3) is 0 Å². The predicted octanol–water partition coefficient (Wildman–Crippen LogP) is 3.23. The minimum absolute atomic E-state index is 0.0133. The number of halogens is 2. The summed E-state index contributed by atoms with van der Waals surface area (Å²) in [5.41, 5.74) is 0.928. The van der Waals surface area contributed by atoms with E-state index in [9.17, 15) is 8.42 Å². The van der Waals surface area contributed by atoms with Gasteiger partial charge in [-0.05, 0) is 38.3 Å². The van der Waals surface area contributed by atoms with Crippen LogP contribution in [0.2, 0.25) is 10.3 Å². The van der Waals surface area contributed by atoms with Crippen LogP contribution >= 0.6 is 23.2 Å². The van der Waals surface area contributed by atoms with E-state index in [0.717, 1.165) is 19.3 Å². The van der Waals surface area contributed by atoms with Gasteiger partial charge in [0.2, 0.25) is 0 Å². The van der Waals surface area contributed by atoms with Crippen LogP contribution in [0.5, 0.6) is 0 Å². The molecule has 1 atom stereocenters. The molecule has 0 saturated carbocycles. The van der Waals surface area contributed by atoms with Gasteiger partial charge >= 0.3 is 10.2 Å². The Hall–Kier alpha value is -0.560. The van der Waals surface area contributed by atoms with Crippen molar-refractivity contribution in [1.29, 1.82) is 0 Å². The van der Waals surface area contributed by atoms with Gasteiger partial charge in [0.15, 0.2) is 5.15 Å².